The molecule has 0 saturated carbocycles. The zero-order valence-electron chi connectivity index (χ0n) is 10.0. The largest absolute Gasteiger partial charge is 0.497 e. The molecule has 0 aliphatic carbocycles. The van der Waals surface area contributed by atoms with Gasteiger partial charge in [-0.3, -0.25) is 0 Å². The first kappa shape index (κ1) is 12.1. The zero-order valence-corrected chi connectivity index (χ0v) is 11.0. The summed E-state index contributed by atoms with van der Waals surface area (Å²) in [6.45, 7) is 0. The molecular weight excluding hydrogens is 227 g/mol. The second-order valence-corrected chi connectivity index (χ2v) is 5.32. The van der Waals surface area contributed by atoms with Crippen LogP contribution in [-0.2, 0) is 6.42 Å². The van der Waals surface area contributed by atoms with E-state index in [4.69, 9.17) is 4.74 Å². The van der Waals surface area contributed by atoms with Crippen LogP contribution in [0, 0.1) is 0 Å². The first-order chi connectivity index (χ1) is 8.38. The van der Waals surface area contributed by atoms with Crippen molar-refractivity contribution in [3.05, 3.63) is 60.2 Å². The predicted molar refractivity (Wildman–Crippen MR) is 76.0 cm³/mol. The number of hydrogen-bond acceptors (Lipinski definition) is 1. The van der Waals surface area contributed by atoms with Gasteiger partial charge in [0, 0.05) is 0 Å². The van der Waals surface area contributed by atoms with E-state index in [0.717, 1.165) is 20.8 Å². The third-order valence-electron chi connectivity index (χ3n) is 2.68. The maximum Gasteiger partial charge on any atom is 0.118 e. The maximum atomic E-state index is 5.14. The molecule has 0 aromatic heterocycles. The molecule has 0 radical (unpaired) electrons. The van der Waals surface area contributed by atoms with E-state index in [0.29, 0.717) is 0 Å². The minimum Gasteiger partial charge on any atom is -0.497 e. The van der Waals surface area contributed by atoms with Crippen molar-refractivity contribution in [1.29, 1.82) is 0 Å². The highest BCUT2D eigenvalue weighted by Gasteiger charge is 1.96. The van der Waals surface area contributed by atoms with E-state index in [1.54, 1.807) is 7.11 Å². The van der Waals surface area contributed by atoms with Crippen LogP contribution in [0.3, 0.4) is 0 Å². The number of rotatable bonds is 5. The van der Waals surface area contributed by atoms with Crippen molar-refractivity contribution in [3.63, 3.8) is 0 Å². The molecule has 0 aliphatic heterocycles. The molecule has 2 aromatic rings. The van der Waals surface area contributed by atoms with Crippen LogP contribution < -0.4 is 10.0 Å². The summed E-state index contributed by atoms with van der Waals surface area (Å²) in [5.74, 6) is 0.930. The molecule has 0 bridgehead atoms. The van der Waals surface area contributed by atoms with Gasteiger partial charge in [-0.15, -0.1) is 0 Å². The molecular formula is C15H17OP. The zero-order chi connectivity index (χ0) is 11.9. The van der Waals surface area contributed by atoms with Crippen LogP contribution in [0.25, 0.3) is 0 Å². The Morgan fingerprint density at radius 2 is 1.65 bits per heavy atom. The highest BCUT2D eigenvalue weighted by Crippen LogP contribution is 2.15. The van der Waals surface area contributed by atoms with Crippen LogP contribution in [0.5, 0.6) is 5.75 Å². The van der Waals surface area contributed by atoms with Crippen molar-refractivity contribution < 1.29 is 4.74 Å². The van der Waals surface area contributed by atoms with Crippen LogP contribution in [0.15, 0.2) is 54.6 Å². The fourth-order valence-corrected chi connectivity index (χ4v) is 2.83. The van der Waals surface area contributed by atoms with Crippen LogP contribution in [-0.4, -0.2) is 13.3 Å². The van der Waals surface area contributed by atoms with Crippen LogP contribution >= 0.6 is 8.58 Å². The van der Waals surface area contributed by atoms with Gasteiger partial charge in [0.1, 0.15) is 5.75 Å². The van der Waals surface area contributed by atoms with Crippen LogP contribution in [0.1, 0.15) is 5.56 Å². The van der Waals surface area contributed by atoms with Gasteiger partial charge in [0.05, 0.1) is 7.11 Å². The number of benzene rings is 2. The van der Waals surface area contributed by atoms with Crippen LogP contribution in [0.4, 0.5) is 0 Å². The Morgan fingerprint density at radius 3 is 2.29 bits per heavy atom. The molecule has 17 heavy (non-hydrogen) atoms. The topological polar surface area (TPSA) is 9.23 Å². The molecule has 0 heterocycles. The summed E-state index contributed by atoms with van der Waals surface area (Å²) in [5.41, 5.74) is 1.38. The Bertz CT molecular complexity index is 436. The molecule has 0 saturated heterocycles. The van der Waals surface area contributed by atoms with Gasteiger partial charge < -0.3 is 4.74 Å². The lowest BCUT2D eigenvalue weighted by Crippen LogP contribution is -1.96. The van der Waals surface area contributed by atoms with Crippen LogP contribution in [0.2, 0.25) is 0 Å². The van der Waals surface area contributed by atoms with E-state index in [1.807, 2.05) is 12.1 Å². The third kappa shape index (κ3) is 3.87. The molecule has 88 valence electrons. The Balaban J connectivity index is 1.82. The van der Waals surface area contributed by atoms with E-state index >= 15 is 0 Å². The molecule has 2 rings (SSSR count). The lowest BCUT2D eigenvalue weighted by atomic mass is 10.2. The molecule has 2 aromatic carbocycles. The monoisotopic (exact) mass is 244 g/mol. The number of hydrogen-bond donors (Lipinski definition) is 0. The standard InChI is InChI=1S/C15H17OP/c1-16-14-9-7-13(8-10-14)11-12-17-15-5-3-2-4-6-15/h2-10,17H,11-12H2,1H3. The summed E-state index contributed by atoms with van der Waals surface area (Å²) in [6, 6.07) is 19.0. The summed E-state index contributed by atoms with van der Waals surface area (Å²) in [6.07, 6.45) is 2.35. The molecule has 0 spiro atoms. The van der Waals surface area contributed by atoms with Gasteiger partial charge in [-0.25, -0.2) is 0 Å². The summed E-state index contributed by atoms with van der Waals surface area (Å²) in [7, 11) is 2.60. The Labute approximate surface area is 105 Å². The summed E-state index contributed by atoms with van der Waals surface area (Å²) in [4.78, 5) is 0. The second kappa shape index (κ2) is 6.42. The summed E-state index contributed by atoms with van der Waals surface area (Å²) < 4.78 is 5.14. The van der Waals surface area contributed by atoms with Crippen molar-refractivity contribution in [2.24, 2.45) is 0 Å². The fourth-order valence-electron chi connectivity index (χ4n) is 1.70. The normalized spacial score (nSPS) is 10.9. The van der Waals surface area contributed by atoms with E-state index in [-0.39, 0.29) is 0 Å². The molecule has 1 nitrogen and oxygen atoms in total. The Kier molecular flexibility index (Phi) is 4.58. The fraction of sp³-hybridized carbons (Fsp3) is 0.200. The summed E-state index contributed by atoms with van der Waals surface area (Å²) >= 11 is 0. The number of methoxy groups -OCH3 is 1. The number of ether oxygens (including phenoxy) is 1. The first-order valence-electron chi connectivity index (χ1n) is 5.80. The second-order valence-electron chi connectivity index (χ2n) is 3.89. The number of aryl methyl sites for hydroxylation is 1. The average molecular weight is 244 g/mol. The first-order valence-corrected chi connectivity index (χ1v) is 7.01. The van der Waals surface area contributed by atoms with Gasteiger partial charge in [0.15, 0.2) is 0 Å². The van der Waals surface area contributed by atoms with Gasteiger partial charge in [0.2, 0.25) is 0 Å². The molecule has 0 fully saturated rings. The van der Waals surface area contributed by atoms with Crippen molar-refractivity contribution >= 4 is 13.9 Å². The van der Waals surface area contributed by atoms with Crippen molar-refractivity contribution in [3.8, 4) is 5.75 Å². The maximum absolute atomic E-state index is 5.14. The molecule has 0 N–H and O–H groups in total. The third-order valence-corrected chi connectivity index (χ3v) is 3.92. The lowest BCUT2D eigenvalue weighted by molar-refractivity contribution is 0.414. The predicted octanol–water partition coefficient (Wildman–Crippen LogP) is 3.24. The van der Waals surface area contributed by atoms with Crippen molar-refractivity contribution in [2.75, 3.05) is 13.3 Å². The van der Waals surface area contributed by atoms with Gasteiger partial charge in [-0.2, -0.15) is 0 Å². The minimum absolute atomic E-state index is 0.896. The van der Waals surface area contributed by atoms with E-state index in [9.17, 15) is 0 Å². The average Bonchev–Trinajstić information content (AvgIpc) is 2.41. The van der Waals surface area contributed by atoms with Gasteiger partial charge in [-0.1, -0.05) is 51.0 Å². The SMILES string of the molecule is COc1ccc(CCPc2ccccc2)cc1. The van der Waals surface area contributed by atoms with E-state index in [1.165, 1.54) is 17.0 Å². The summed E-state index contributed by atoms with van der Waals surface area (Å²) in [5, 5.41) is 1.45. The lowest BCUT2D eigenvalue weighted by Gasteiger charge is -2.04. The minimum atomic E-state index is 0.896. The Hall–Kier alpha value is -1.33. The molecule has 0 amide bonds. The van der Waals surface area contributed by atoms with Gasteiger partial charge in [0.25, 0.3) is 0 Å². The van der Waals surface area contributed by atoms with Crippen molar-refractivity contribution in [1.82, 2.24) is 0 Å². The molecule has 1 unspecified atom stereocenters. The highest BCUT2D eigenvalue weighted by molar-refractivity contribution is 7.47. The van der Waals surface area contributed by atoms with Crippen molar-refractivity contribution in [2.45, 2.75) is 6.42 Å². The van der Waals surface area contributed by atoms with E-state index < -0.39 is 0 Å². The highest BCUT2D eigenvalue weighted by atomic mass is 31.1. The Morgan fingerprint density at radius 1 is 0.941 bits per heavy atom. The molecule has 2 heteroatoms. The smallest absolute Gasteiger partial charge is 0.118 e. The van der Waals surface area contributed by atoms with Gasteiger partial charge >= 0.3 is 0 Å². The molecule has 1 atom stereocenters. The molecule has 0 aliphatic rings. The van der Waals surface area contributed by atoms with E-state index in [2.05, 4.69) is 42.5 Å². The van der Waals surface area contributed by atoms with Gasteiger partial charge in [-0.05, 0) is 35.6 Å². The quantitative estimate of drug-likeness (QED) is 0.734.